The first-order valence-corrected chi connectivity index (χ1v) is 7.47. The third-order valence-corrected chi connectivity index (χ3v) is 4.66. The number of phenols is 1. The Morgan fingerprint density at radius 1 is 1.04 bits per heavy atom. The lowest BCUT2D eigenvalue weighted by molar-refractivity contribution is -0.0865. The molecule has 0 fully saturated rings. The van der Waals surface area contributed by atoms with E-state index in [0.29, 0.717) is 34.1 Å². The van der Waals surface area contributed by atoms with Gasteiger partial charge in [0.25, 0.3) is 0 Å². The molecule has 0 aromatic heterocycles. The first-order valence-electron chi connectivity index (χ1n) is 7.47. The summed E-state index contributed by atoms with van der Waals surface area (Å²) < 4.78 is 27.6. The number of ether oxygens (including phenoxy) is 5. The molecule has 3 heterocycles. The number of benzene rings is 2. The van der Waals surface area contributed by atoms with Crippen LogP contribution < -0.4 is 23.7 Å². The van der Waals surface area contributed by atoms with Crippen molar-refractivity contribution in [1.29, 1.82) is 0 Å². The average molecular weight is 330 g/mol. The first kappa shape index (κ1) is 13.6. The zero-order valence-corrected chi connectivity index (χ0v) is 12.7. The Labute approximate surface area is 136 Å². The summed E-state index contributed by atoms with van der Waals surface area (Å²) in [5, 5.41) is 21.1. The minimum atomic E-state index is -1.36. The van der Waals surface area contributed by atoms with Gasteiger partial charge in [-0.3, -0.25) is 0 Å². The molecule has 2 N–H and O–H groups in total. The third kappa shape index (κ3) is 1.59. The lowest BCUT2D eigenvalue weighted by atomic mass is 9.84. The maximum atomic E-state index is 11.2. The Balaban J connectivity index is 1.66. The number of rotatable bonds is 1. The van der Waals surface area contributed by atoms with Crippen molar-refractivity contribution in [3.63, 3.8) is 0 Å². The molecule has 3 aliphatic rings. The van der Waals surface area contributed by atoms with Crippen molar-refractivity contribution in [2.75, 3.05) is 20.5 Å². The maximum absolute atomic E-state index is 11.2. The second-order valence-electron chi connectivity index (χ2n) is 5.97. The molecule has 7 nitrogen and oxygen atoms in total. The van der Waals surface area contributed by atoms with Gasteiger partial charge in [0.2, 0.25) is 6.79 Å². The summed E-state index contributed by atoms with van der Waals surface area (Å²) in [6.07, 6.45) is -0.673. The van der Waals surface area contributed by atoms with E-state index in [9.17, 15) is 10.2 Å². The SMILES string of the molecule is COc1cc2c(cc1O)OC[C@@]1(O)c3cc4c(cc3O[C@@H]21)OCO4. The summed E-state index contributed by atoms with van der Waals surface area (Å²) in [7, 11) is 1.46. The highest BCUT2D eigenvalue weighted by Crippen LogP contribution is 2.57. The molecular formula is C17H14O7. The van der Waals surface area contributed by atoms with Gasteiger partial charge in [0.05, 0.1) is 7.11 Å². The van der Waals surface area contributed by atoms with E-state index in [1.54, 1.807) is 18.2 Å². The van der Waals surface area contributed by atoms with Gasteiger partial charge >= 0.3 is 0 Å². The van der Waals surface area contributed by atoms with Crippen LogP contribution in [0.5, 0.6) is 34.5 Å². The van der Waals surface area contributed by atoms with E-state index in [4.69, 9.17) is 23.7 Å². The van der Waals surface area contributed by atoms with Gasteiger partial charge in [0.15, 0.2) is 34.7 Å². The molecule has 124 valence electrons. The summed E-state index contributed by atoms with van der Waals surface area (Å²) in [4.78, 5) is 0. The van der Waals surface area contributed by atoms with Crippen LogP contribution >= 0.6 is 0 Å². The molecule has 0 bridgehead atoms. The summed E-state index contributed by atoms with van der Waals surface area (Å²) in [6, 6.07) is 6.52. The minimum Gasteiger partial charge on any atom is -0.504 e. The van der Waals surface area contributed by atoms with Crippen LogP contribution in [0, 0.1) is 0 Å². The van der Waals surface area contributed by atoms with Crippen LogP contribution in [0.2, 0.25) is 0 Å². The molecule has 0 spiro atoms. The fourth-order valence-electron chi connectivity index (χ4n) is 3.45. The highest BCUT2D eigenvalue weighted by Gasteiger charge is 2.54. The summed E-state index contributed by atoms with van der Waals surface area (Å²) >= 11 is 0. The van der Waals surface area contributed by atoms with Crippen LogP contribution in [0.25, 0.3) is 0 Å². The van der Waals surface area contributed by atoms with E-state index >= 15 is 0 Å². The number of fused-ring (bicyclic) bond motifs is 6. The van der Waals surface area contributed by atoms with E-state index in [2.05, 4.69) is 0 Å². The summed E-state index contributed by atoms with van der Waals surface area (Å²) in [5.41, 5.74) is -0.156. The molecular weight excluding hydrogens is 316 g/mol. The van der Waals surface area contributed by atoms with Crippen molar-refractivity contribution in [2.24, 2.45) is 0 Å². The first-order chi connectivity index (χ1) is 11.6. The monoisotopic (exact) mass is 330 g/mol. The fourth-order valence-corrected chi connectivity index (χ4v) is 3.45. The van der Waals surface area contributed by atoms with Crippen molar-refractivity contribution in [3.05, 3.63) is 35.4 Å². The smallest absolute Gasteiger partial charge is 0.231 e. The number of aliphatic hydroxyl groups is 1. The van der Waals surface area contributed by atoms with E-state index < -0.39 is 11.7 Å². The Morgan fingerprint density at radius 2 is 1.83 bits per heavy atom. The van der Waals surface area contributed by atoms with Gasteiger partial charge in [-0.2, -0.15) is 0 Å². The standard InChI is InChI=1S/C17H14O7/c1-20-13-2-8-11(4-10(13)18)21-6-17(19)9-3-14-15(23-7-22-14)5-12(9)24-16(8)17/h2-5,16,18-19H,6-7H2,1H3/t16-,17+/m0/s1. The van der Waals surface area contributed by atoms with Crippen molar-refractivity contribution < 1.29 is 33.9 Å². The number of aromatic hydroxyl groups is 1. The van der Waals surface area contributed by atoms with E-state index in [1.807, 2.05) is 0 Å². The van der Waals surface area contributed by atoms with Gasteiger partial charge in [-0.1, -0.05) is 0 Å². The maximum Gasteiger partial charge on any atom is 0.231 e. The molecule has 0 radical (unpaired) electrons. The minimum absolute atomic E-state index is 0.00305. The van der Waals surface area contributed by atoms with Gasteiger partial charge < -0.3 is 33.9 Å². The Hall–Kier alpha value is -2.80. The molecule has 5 rings (SSSR count). The van der Waals surface area contributed by atoms with Gasteiger partial charge in [0, 0.05) is 23.3 Å². The predicted molar refractivity (Wildman–Crippen MR) is 80.0 cm³/mol. The molecule has 0 saturated carbocycles. The van der Waals surface area contributed by atoms with Crippen LogP contribution in [-0.4, -0.2) is 30.7 Å². The van der Waals surface area contributed by atoms with Gasteiger partial charge in [0.1, 0.15) is 18.1 Å². The summed E-state index contributed by atoms with van der Waals surface area (Å²) in [6.45, 7) is 0.152. The Morgan fingerprint density at radius 3 is 2.62 bits per heavy atom. The molecule has 7 heteroatoms. The average Bonchev–Trinajstić information content (AvgIpc) is 3.14. The van der Waals surface area contributed by atoms with Crippen LogP contribution in [0.4, 0.5) is 0 Å². The van der Waals surface area contributed by atoms with E-state index in [1.165, 1.54) is 13.2 Å². The highest BCUT2D eigenvalue weighted by atomic mass is 16.7. The largest absolute Gasteiger partial charge is 0.504 e. The lowest BCUT2D eigenvalue weighted by Crippen LogP contribution is -2.41. The van der Waals surface area contributed by atoms with Crippen LogP contribution in [0.1, 0.15) is 17.2 Å². The molecule has 0 unspecified atom stereocenters. The van der Waals surface area contributed by atoms with Crippen molar-refractivity contribution in [2.45, 2.75) is 11.7 Å². The van der Waals surface area contributed by atoms with E-state index in [0.717, 1.165) is 0 Å². The normalized spacial score (nSPS) is 25.2. The predicted octanol–water partition coefficient (Wildman–Crippen LogP) is 1.84. The lowest BCUT2D eigenvalue weighted by Gasteiger charge is -2.35. The molecule has 2 aromatic rings. The Bertz CT molecular complexity index is 863. The van der Waals surface area contributed by atoms with Crippen molar-refractivity contribution in [1.82, 2.24) is 0 Å². The van der Waals surface area contributed by atoms with Crippen LogP contribution in [-0.2, 0) is 5.60 Å². The highest BCUT2D eigenvalue weighted by molar-refractivity contribution is 5.60. The number of phenolic OH excluding ortho intramolecular Hbond substituents is 1. The molecule has 24 heavy (non-hydrogen) atoms. The third-order valence-electron chi connectivity index (χ3n) is 4.66. The van der Waals surface area contributed by atoms with E-state index in [-0.39, 0.29) is 24.9 Å². The van der Waals surface area contributed by atoms with Gasteiger partial charge in [-0.15, -0.1) is 0 Å². The quantitative estimate of drug-likeness (QED) is 0.825. The topological polar surface area (TPSA) is 86.6 Å². The second kappa shape index (κ2) is 4.39. The summed E-state index contributed by atoms with van der Waals surface area (Å²) in [5.74, 6) is 2.39. The van der Waals surface area contributed by atoms with Gasteiger partial charge in [-0.05, 0) is 12.1 Å². The van der Waals surface area contributed by atoms with Crippen LogP contribution in [0.3, 0.4) is 0 Å². The van der Waals surface area contributed by atoms with Gasteiger partial charge in [-0.25, -0.2) is 0 Å². The van der Waals surface area contributed by atoms with Crippen molar-refractivity contribution in [3.8, 4) is 34.5 Å². The molecule has 2 atom stereocenters. The molecule has 0 saturated heterocycles. The number of methoxy groups -OCH3 is 1. The zero-order chi connectivity index (χ0) is 16.5. The Kier molecular flexibility index (Phi) is 2.49. The molecule has 0 aliphatic carbocycles. The fraction of sp³-hybridized carbons (Fsp3) is 0.294. The second-order valence-corrected chi connectivity index (χ2v) is 5.97. The molecule has 2 aromatic carbocycles. The molecule has 0 amide bonds. The molecule has 3 aliphatic heterocycles. The van der Waals surface area contributed by atoms with Crippen LogP contribution in [0.15, 0.2) is 24.3 Å². The number of hydrogen-bond acceptors (Lipinski definition) is 7. The van der Waals surface area contributed by atoms with Crippen molar-refractivity contribution >= 4 is 0 Å². The number of hydrogen-bond donors (Lipinski definition) is 2. The zero-order valence-electron chi connectivity index (χ0n) is 12.7.